The highest BCUT2D eigenvalue weighted by Crippen LogP contribution is 2.10. The molecule has 0 aromatic carbocycles. The Hall–Kier alpha value is -2.38. The quantitative estimate of drug-likeness (QED) is 0.788. The lowest BCUT2D eigenvalue weighted by molar-refractivity contribution is 0.741. The van der Waals surface area contributed by atoms with Gasteiger partial charge in [0.2, 0.25) is 17.8 Å². The van der Waals surface area contributed by atoms with Crippen molar-refractivity contribution in [1.29, 1.82) is 0 Å². The molecule has 20 heavy (non-hydrogen) atoms. The van der Waals surface area contributed by atoms with Crippen LogP contribution in [0, 0.1) is 0 Å². The maximum Gasteiger partial charge on any atom is 0.231 e. The van der Waals surface area contributed by atoms with E-state index in [9.17, 15) is 0 Å². The van der Waals surface area contributed by atoms with Crippen molar-refractivity contribution in [2.45, 2.75) is 6.42 Å². The average molecular weight is 276 g/mol. The summed E-state index contributed by atoms with van der Waals surface area (Å²) in [5.74, 6) is 1.72. The molecule has 0 saturated heterocycles. The van der Waals surface area contributed by atoms with Gasteiger partial charge in [-0.05, 0) is 6.07 Å². The van der Waals surface area contributed by atoms with Gasteiger partial charge in [-0.2, -0.15) is 20.1 Å². The van der Waals surface area contributed by atoms with E-state index in [4.69, 9.17) is 0 Å². The van der Waals surface area contributed by atoms with Gasteiger partial charge in [0.05, 0.1) is 5.69 Å². The summed E-state index contributed by atoms with van der Waals surface area (Å²) in [6, 6.07) is 2.00. The second kappa shape index (κ2) is 6.18. The summed E-state index contributed by atoms with van der Waals surface area (Å²) in [5, 5.41) is 10.4. The van der Waals surface area contributed by atoms with Gasteiger partial charge in [-0.1, -0.05) is 0 Å². The van der Waals surface area contributed by atoms with Crippen molar-refractivity contribution >= 4 is 17.8 Å². The summed E-state index contributed by atoms with van der Waals surface area (Å²) in [6.45, 7) is 0.719. The van der Waals surface area contributed by atoms with Crippen LogP contribution in [0.1, 0.15) is 5.69 Å². The number of aryl methyl sites for hydroxylation is 1. The lowest BCUT2D eigenvalue weighted by Crippen LogP contribution is -2.17. The van der Waals surface area contributed by atoms with E-state index < -0.39 is 0 Å². The molecule has 0 saturated carbocycles. The molecule has 2 aromatic rings. The summed E-state index contributed by atoms with van der Waals surface area (Å²) in [5.41, 5.74) is 1.04. The molecule has 0 bridgehead atoms. The van der Waals surface area contributed by atoms with Crippen LogP contribution >= 0.6 is 0 Å². The van der Waals surface area contributed by atoms with Crippen LogP contribution in [0.3, 0.4) is 0 Å². The molecule has 0 fully saturated rings. The third kappa shape index (κ3) is 3.56. The van der Waals surface area contributed by atoms with E-state index in [-0.39, 0.29) is 0 Å². The van der Waals surface area contributed by atoms with Crippen LogP contribution < -0.4 is 15.5 Å². The normalized spacial score (nSPS) is 10.4. The second-order valence-corrected chi connectivity index (χ2v) is 4.58. The number of rotatable bonds is 6. The highest BCUT2D eigenvalue weighted by atomic mass is 15.3. The minimum absolute atomic E-state index is 0.545. The lowest BCUT2D eigenvalue weighted by Gasteiger charge is -2.13. The zero-order valence-corrected chi connectivity index (χ0v) is 12.3. The summed E-state index contributed by atoms with van der Waals surface area (Å²) in [7, 11) is 7.48. The van der Waals surface area contributed by atoms with Gasteiger partial charge < -0.3 is 15.5 Å². The molecule has 0 aliphatic carbocycles. The van der Waals surface area contributed by atoms with Crippen molar-refractivity contribution in [2.75, 3.05) is 43.2 Å². The molecule has 2 rings (SSSR count). The zero-order valence-electron chi connectivity index (χ0n) is 12.3. The Balaban J connectivity index is 1.99. The molecule has 0 radical (unpaired) electrons. The number of anilines is 3. The van der Waals surface area contributed by atoms with E-state index in [0.717, 1.165) is 18.7 Å². The molecular formula is C12H20N8. The molecule has 8 nitrogen and oxygen atoms in total. The fourth-order valence-electron chi connectivity index (χ4n) is 1.65. The second-order valence-electron chi connectivity index (χ2n) is 4.58. The Kier molecular flexibility index (Phi) is 4.34. The zero-order chi connectivity index (χ0) is 14.5. The Morgan fingerprint density at radius 1 is 1.20 bits per heavy atom. The molecule has 108 valence electrons. The van der Waals surface area contributed by atoms with Gasteiger partial charge in [-0.3, -0.25) is 4.68 Å². The number of nitrogens with one attached hydrogen (secondary N) is 2. The lowest BCUT2D eigenvalue weighted by atomic mass is 10.3. The van der Waals surface area contributed by atoms with E-state index in [1.165, 1.54) is 0 Å². The van der Waals surface area contributed by atoms with Crippen molar-refractivity contribution in [1.82, 2.24) is 24.7 Å². The number of hydrogen-bond donors (Lipinski definition) is 2. The standard InChI is InChI=1S/C12H20N8/c1-13-10-15-11(17-12(16-10)19(2)3)14-7-5-9-6-8-20(4)18-9/h6,8H,5,7H2,1-4H3,(H2,13,14,15,16,17). The van der Waals surface area contributed by atoms with Crippen molar-refractivity contribution in [3.05, 3.63) is 18.0 Å². The van der Waals surface area contributed by atoms with Crippen LogP contribution in [0.25, 0.3) is 0 Å². The Bertz CT molecular complexity index is 562. The first kappa shape index (κ1) is 14.0. The molecule has 2 aromatic heterocycles. The summed E-state index contributed by atoms with van der Waals surface area (Å²) in [4.78, 5) is 14.7. The molecule has 0 atom stereocenters. The Morgan fingerprint density at radius 3 is 2.55 bits per heavy atom. The third-order valence-corrected chi connectivity index (χ3v) is 2.68. The van der Waals surface area contributed by atoms with Crippen molar-refractivity contribution in [3.8, 4) is 0 Å². The molecule has 2 N–H and O–H groups in total. The molecule has 0 spiro atoms. The number of hydrogen-bond acceptors (Lipinski definition) is 7. The van der Waals surface area contributed by atoms with E-state index in [1.807, 2.05) is 38.3 Å². The minimum atomic E-state index is 0.545. The van der Waals surface area contributed by atoms with Crippen LogP contribution in [0.4, 0.5) is 17.8 Å². The Labute approximate surface area is 118 Å². The van der Waals surface area contributed by atoms with Gasteiger partial charge >= 0.3 is 0 Å². The van der Waals surface area contributed by atoms with E-state index in [2.05, 4.69) is 30.7 Å². The van der Waals surface area contributed by atoms with Crippen molar-refractivity contribution in [3.63, 3.8) is 0 Å². The van der Waals surface area contributed by atoms with Gasteiger partial charge in [-0.25, -0.2) is 0 Å². The predicted octanol–water partition coefficient (Wildman–Crippen LogP) is 0.367. The van der Waals surface area contributed by atoms with Gasteiger partial charge in [0.1, 0.15) is 0 Å². The molecule has 0 unspecified atom stereocenters. The van der Waals surface area contributed by atoms with Crippen LogP contribution in [0.2, 0.25) is 0 Å². The topological polar surface area (TPSA) is 83.8 Å². The minimum Gasteiger partial charge on any atom is -0.357 e. The number of nitrogens with zero attached hydrogens (tertiary/aromatic N) is 6. The highest BCUT2D eigenvalue weighted by molar-refractivity contribution is 5.42. The van der Waals surface area contributed by atoms with Crippen molar-refractivity contribution < 1.29 is 0 Å². The number of aromatic nitrogens is 5. The highest BCUT2D eigenvalue weighted by Gasteiger charge is 2.07. The largest absolute Gasteiger partial charge is 0.357 e. The summed E-state index contributed by atoms with van der Waals surface area (Å²) < 4.78 is 1.79. The average Bonchev–Trinajstić information content (AvgIpc) is 2.84. The molecule has 2 heterocycles. The van der Waals surface area contributed by atoms with Crippen LogP contribution in [-0.2, 0) is 13.5 Å². The molecule has 8 heteroatoms. The predicted molar refractivity (Wildman–Crippen MR) is 79.1 cm³/mol. The van der Waals surface area contributed by atoms with E-state index >= 15 is 0 Å². The van der Waals surface area contributed by atoms with E-state index in [0.29, 0.717) is 17.8 Å². The summed E-state index contributed by atoms with van der Waals surface area (Å²) >= 11 is 0. The fraction of sp³-hybridized carbons (Fsp3) is 0.500. The smallest absolute Gasteiger partial charge is 0.231 e. The maximum atomic E-state index is 4.34. The molecule has 0 amide bonds. The summed E-state index contributed by atoms with van der Waals surface area (Å²) in [6.07, 6.45) is 2.75. The molecular weight excluding hydrogens is 256 g/mol. The van der Waals surface area contributed by atoms with Gasteiger partial charge in [-0.15, -0.1) is 0 Å². The van der Waals surface area contributed by atoms with Gasteiger partial charge in [0, 0.05) is 47.4 Å². The first-order valence-electron chi connectivity index (χ1n) is 6.42. The Morgan fingerprint density at radius 2 is 1.95 bits per heavy atom. The maximum absolute atomic E-state index is 4.34. The van der Waals surface area contributed by atoms with Gasteiger partial charge in [0.25, 0.3) is 0 Å². The van der Waals surface area contributed by atoms with Gasteiger partial charge in [0.15, 0.2) is 0 Å². The van der Waals surface area contributed by atoms with Crippen LogP contribution in [0.15, 0.2) is 12.3 Å². The molecule has 0 aliphatic heterocycles. The first-order valence-corrected chi connectivity index (χ1v) is 6.42. The fourth-order valence-corrected chi connectivity index (χ4v) is 1.65. The third-order valence-electron chi connectivity index (χ3n) is 2.68. The monoisotopic (exact) mass is 276 g/mol. The van der Waals surface area contributed by atoms with Crippen molar-refractivity contribution in [2.24, 2.45) is 7.05 Å². The van der Waals surface area contributed by atoms with E-state index in [1.54, 1.807) is 11.7 Å². The van der Waals surface area contributed by atoms with Crippen LogP contribution in [-0.4, -0.2) is 52.4 Å². The molecule has 0 aliphatic rings. The first-order chi connectivity index (χ1) is 9.58. The van der Waals surface area contributed by atoms with Crippen LogP contribution in [0.5, 0.6) is 0 Å². The SMILES string of the molecule is CNc1nc(NCCc2ccn(C)n2)nc(N(C)C)n1.